The number of rotatable bonds is 6. The molecule has 0 aliphatic heterocycles. The molecule has 1 aromatic carbocycles. The molecule has 0 aromatic heterocycles. The van der Waals surface area contributed by atoms with Crippen molar-refractivity contribution in [3.8, 4) is 0 Å². The molecule has 0 fully saturated rings. The number of hydrogen-bond acceptors (Lipinski definition) is 1. The SMILES string of the molecule is CC.CCCCN(C)CC(C)c1ccccc1. The lowest BCUT2D eigenvalue weighted by Crippen LogP contribution is -2.24. The zero-order valence-corrected chi connectivity index (χ0v) is 12.2. The molecule has 0 N–H and O–H groups in total. The molecule has 0 bridgehead atoms. The molecular weight excluding hydrogens is 206 g/mol. The van der Waals surface area contributed by atoms with Crippen molar-refractivity contribution in [1.82, 2.24) is 4.90 Å². The van der Waals surface area contributed by atoms with Gasteiger partial charge in [0.25, 0.3) is 0 Å². The molecule has 0 saturated heterocycles. The van der Waals surface area contributed by atoms with E-state index in [1.807, 2.05) is 13.8 Å². The smallest absolute Gasteiger partial charge is 0.00446 e. The van der Waals surface area contributed by atoms with Gasteiger partial charge in [0, 0.05) is 6.54 Å². The maximum absolute atomic E-state index is 2.43. The Morgan fingerprint density at radius 3 is 2.24 bits per heavy atom. The average Bonchev–Trinajstić information content (AvgIpc) is 2.39. The molecule has 0 spiro atoms. The van der Waals surface area contributed by atoms with Crippen LogP contribution in [-0.4, -0.2) is 25.0 Å². The van der Waals surface area contributed by atoms with Crippen LogP contribution in [0.5, 0.6) is 0 Å². The monoisotopic (exact) mass is 235 g/mol. The minimum atomic E-state index is 0.632. The van der Waals surface area contributed by atoms with Crippen molar-refractivity contribution in [3.05, 3.63) is 35.9 Å². The van der Waals surface area contributed by atoms with E-state index in [2.05, 4.69) is 56.1 Å². The number of benzene rings is 1. The molecule has 0 aliphatic carbocycles. The van der Waals surface area contributed by atoms with E-state index in [1.165, 1.54) is 24.9 Å². The molecule has 0 radical (unpaired) electrons. The van der Waals surface area contributed by atoms with Crippen LogP contribution >= 0.6 is 0 Å². The van der Waals surface area contributed by atoms with Crippen LogP contribution in [0, 0.1) is 0 Å². The van der Waals surface area contributed by atoms with E-state index < -0.39 is 0 Å². The van der Waals surface area contributed by atoms with Crippen LogP contribution in [0.3, 0.4) is 0 Å². The van der Waals surface area contributed by atoms with Crippen molar-refractivity contribution in [2.45, 2.75) is 46.5 Å². The summed E-state index contributed by atoms with van der Waals surface area (Å²) < 4.78 is 0. The van der Waals surface area contributed by atoms with Gasteiger partial charge in [-0.25, -0.2) is 0 Å². The van der Waals surface area contributed by atoms with Gasteiger partial charge in [0.2, 0.25) is 0 Å². The number of hydrogen-bond donors (Lipinski definition) is 0. The summed E-state index contributed by atoms with van der Waals surface area (Å²) in [4.78, 5) is 2.43. The first-order valence-corrected chi connectivity index (χ1v) is 6.97. The third-order valence-electron chi connectivity index (χ3n) is 2.85. The van der Waals surface area contributed by atoms with E-state index in [0.29, 0.717) is 5.92 Å². The van der Waals surface area contributed by atoms with Crippen LogP contribution in [0.4, 0.5) is 0 Å². The van der Waals surface area contributed by atoms with Crippen LogP contribution in [-0.2, 0) is 0 Å². The second-order valence-corrected chi connectivity index (χ2v) is 4.43. The lowest BCUT2D eigenvalue weighted by atomic mass is 10.0. The minimum absolute atomic E-state index is 0.632. The molecule has 0 amide bonds. The highest BCUT2D eigenvalue weighted by Crippen LogP contribution is 2.15. The van der Waals surface area contributed by atoms with Gasteiger partial charge in [0.05, 0.1) is 0 Å². The van der Waals surface area contributed by atoms with Gasteiger partial charge in [-0.05, 0) is 31.5 Å². The van der Waals surface area contributed by atoms with Crippen LogP contribution < -0.4 is 0 Å². The highest BCUT2D eigenvalue weighted by molar-refractivity contribution is 5.18. The summed E-state index contributed by atoms with van der Waals surface area (Å²) in [6.07, 6.45) is 2.59. The van der Waals surface area contributed by atoms with Crippen molar-refractivity contribution in [3.63, 3.8) is 0 Å². The van der Waals surface area contributed by atoms with Gasteiger partial charge in [-0.3, -0.25) is 0 Å². The van der Waals surface area contributed by atoms with Crippen molar-refractivity contribution >= 4 is 0 Å². The van der Waals surface area contributed by atoms with E-state index in [9.17, 15) is 0 Å². The zero-order chi connectivity index (χ0) is 13.1. The van der Waals surface area contributed by atoms with Gasteiger partial charge in [0.1, 0.15) is 0 Å². The Labute approximate surface area is 108 Å². The van der Waals surface area contributed by atoms with E-state index in [0.717, 1.165) is 6.54 Å². The molecular formula is C16H29N. The van der Waals surface area contributed by atoms with Crippen molar-refractivity contribution < 1.29 is 0 Å². The molecule has 0 saturated carbocycles. The lowest BCUT2D eigenvalue weighted by molar-refractivity contribution is 0.311. The summed E-state index contributed by atoms with van der Waals surface area (Å²) in [7, 11) is 2.22. The Kier molecular flexibility index (Phi) is 9.84. The van der Waals surface area contributed by atoms with E-state index >= 15 is 0 Å². The second kappa shape index (κ2) is 10.3. The minimum Gasteiger partial charge on any atom is -0.306 e. The molecule has 1 heteroatoms. The van der Waals surface area contributed by atoms with Crippen LogP contribution in [0.25, 0.3) is 0 Å². The van der Waals surface area contributed by atoms with Gasteiger partial charge < -0.3 is 4.90 Å². The van der Waals surface area contributed by atoms with Crippen LogP contribution in [0.2, 0.25) is 0 Å². The standard InChI is InChI=1S/C14H23N.C2H6/c1-4-5-11-15(3)12-13(2)14-9-7-6-8-10-14;1-2/h6-10,13H,4-5,11-12H2,1-3H3;1-2H3. The van der Waals surface area contributed by atoms with Crippen molar-refractivity contribution in [1.29, 1.82) is 0 Å². The van der Waals surface area contributed by atoms with Gasteiger partial charge in [-0.15, -0.1) is 0 Å². The maximum Gasteiger partial charge on any atom is 0.00446 e. The fraction of sp³-hybridized carbons (Fsp3) is 0.625. The lowest BCUT2D eigenvalue weighted by Gasteiger charge is -2.21. The molecule has 1 nitrogen and oxygen atoms in total. The molecule has 1 rings (SSSR count). The first kappa shape index (κ1) is 16.2. The number of unbranched alkanes of at least 4 members (excludes halogenated alkanes) is 1. The number of nitrogens with zero attached hydrogens (tertiary/aromatic N) is 1. The quantitative estimate of drug-likeness (QED) is 0.699. The van der Waals surface area contributed by atoms with Gasteiger partial charge in [0.15, 0.2) is 0 Å². The van der Waals surface area contributed by atoms with E-state index in [-0.39, 0.29) is 0 Å². The first-order valence-electron chi connectivity index (χ1n) is 6.97. The van der Waals surface area contributed by atoms with Gasteiger partial charge >= 0.3 is 0 Å². The summed E-state index contributed by atoms with van der Waals surface area (Å²) in [5, 5.41) is 0. The Morgan fingerprint density at radius 2 is 1.71 bits per heavy atom. The average molecular weight is 235 g/mol. The number of likely N-dealkylation sites (N-methyl/N-ethyl adjacent to an activating group) is 1. The summed E-state index contributed by atoms with van der Waals surface area (Å²) >= 11 is 0. The molecule has 1 atom stereocenters. The van der Waals surface area contributed by atoms with E-state index in [4.69, 9.17) is 0 Å². The molecule has 98 valence electrons. The Hall–Kier alpha value is -0.820. The predicted molar refractivity (Wildman–Crippen MR) is 78.6 cm³/mol. The normalized spacial score (nSPS) is 11.9. The van der Waals surface area contributed by atoms with Gasteiger partial charge in [-0.2, -0.15) is 0 Å². The Balaban J connectivity index is 0.00000121. The van der Waals surface area contributed by atoms with E-state index in [1.54, 1.807) is 0 Å². The maximum atomic E-state index is 2.43. The summed E-state index contributed by atoms with van der Waals surface area (Å²) in [5.74, 6) is 0.632. The van der Waals surface area contributed by atoms with Crippen LogP contribution in [0.1, 0.15) is 52.0 Å². The van der Waals surface area contributed by atoms with Crippen LogP contribution in [0.15, 0.2) is 30.3 Å². The highest BCUT2D eigenvalue weighted by Gasteiger charge is 2.07. The summed E-state index contributed by atoms with van der Waals surface area (Å²) in [6.45, 7) is 10.9. The molecule has 1 unspecified atom stereocenters. The first-order chi connectivity index (χ1) is 8.24. The molecule has 0 heterocycles. The topological polar surface area (TPSA) is 3.24 Å². The van der Waals surface area contributed by atoms with Crippen molar-refractivity contribution in [2.24, 2.45) is 0 Å². The largest absolute Gasteiger partial charge is 0.306 e. The summed E-state index contributed by atoms with van der Waals surface area (Å²) in [5.41, 5.74) is 1.45. The fourth-order valence-electron chi connectivity index (χ4n) is 1.87. The Bertz CT molecular complexity index is 255. The predicted octanol–water partition coefficient (Wildman–Crippen LogP) is 4.55. The second-order valence-electron chi connectivity index (χ2n) is 4.43. The third kappa shape index (κ3) is 7.17. The highest BCUT2D eigenvalue weighted by atomic mass is 15.1. The molecule has 1 aromatic rings. The molecule has 0 aliphatic rings. The summed E-state index contributed by atoms with van der Waals surface area (Å²) in [6, 6.07) is 10.8. The Morgan fingerprint density at radius 1 is 1.12 bits per heavy atom. The fourth-order valence-corrected chi connectivity index (χ4v) is 1.87. The third-order valence-corrected chi connectivity index (χ3v) is 2.85. The zero-order valence-electron chi connectivity index (χ0n) is 12.2. The van der Waals surface area contributed by atoms with Crippen molar-refractivity contribution in [2.75, 3.05) is 20.1 Å². The van der Waals surface area contributed by atoms with Gasteiger partial charge in [-0.1, -0.05) is 64.4 Å². The molecule has 17 heavy (non-hydrogen) atoms.